The van der Waals surface area contributed by atoms with Gasteiger partial charge in [0, 0.05) is 23.7 Å². The Morgan fingerprint density at radius 2 is 2.21 bits per heavy atom. The molecular weight excluding hydrogens is 265 g/mol. The topological polar surface area (TPSA) is 70.6 Å². The predicted molar refractivity (Wildman–Crippen MR) is 76.1 cm³/mol. The molecule has 0 aromatic heterocycles. The van der Waals surface area contributed by atoms with Gasteiger partial charge in [0.05, 0.1) is 0 Å². The van der Waals surface area contributed by atoms with Crippen molar-refractivity contribution < 1.29 is 9.60 Å². The standard InChI is InChI=1S/C13H18FN3OS/c14-12-7-9(13(15)17-18)1-2-10(12)8-16-11-3-5-19-6-4-11/h1-2,7,11,16,18H,3-6,8H2,(H2,15,17). The van der Waals surface area contributed by atoms with Crippen LogP contribution in [0.3, 0.4) is 0 Å². The van der Waals surface area contributed by atoms with Crippen LogP contribution in [0.15, 0.2) is 23.4 Å². The number of thioether (sulfide) groups is 1. The number of rotatable bonds is 4. The van der Waals surface area contributed by atoms with Crippen molar-refractivity contribution in [1.29, 1.82) is 0 Å². The highest BCUT2D eigenvalue weighted by Gasteiger charge is 2.14. The third kappa shape index (κ3) is 3.84. The molecule has 0 radical (unpaired) electrons. The lowest BCUT2D eigenvalue weighted by molar-refractivity contribution is 0.318. The van der Waals surface area contributed by atoms with Crippen LogP contribution in [0.2, 0.25) is 0 Å². The molecule has 4 nitrogen and oxygen atoms in total. The van der Waals surface area contributed by atoms with Crippen molar-refractivity contribution in [1.82, 2.24) is 5.32 Å². The minimum Gasteiger partial charge on any atom is -0.409 e. The molecular formula is C13H18FN3OS. The average molecular weight is 283 g/mol. The van der Waals surface area contributed by atoms with E-state index in [0.717, 1.165) is 12.8 Å². The van der Waals surface area contributed by atoms with Crippen LogP contribution < -0.4 is 11.1 Å². The van der Waals surface area contributed by atoms with Crippen LogP contribution in [0.1, 0.15) is 24.0 Å². The fourth-order valence-electron chi connectivity index (χ4n) is 2.06. The molecule has 19 heavy (non-hydrogen) atoms. The molecule has 0 bridgehead atoms. The number of hydrogen-bond donors (Lipinski definition) is 3. The maximum atomic E-state index is 13.9. The van der Waals surface area contributed by atoms with Crippen LogP contribution in [-0.4, -0.2) is 28.6 Å². The Morgan fingerprint density at radius 3 is 2.84 bits per heavy atom. The van der Waals surface area contributed by atoms with E-state index >= 15 is 0 Å². The largest absolute Gasteiger partial charge is 0.409 e. The van der Waals surface area contributed by atoms with Crippen molar-refractivity contribution in [2.24, 2.45) is 10.9 Å². The Labute approximate surface area is 116 Å². The monoisotopic (exact) mass is 283 g/mol. The summed E-state index contributed by atoms with van der Waals surface area (Å²) in [5.74, 6) is 1.93. The number of amidine groups is 1. The first-order chi connectivity index (χ1) is 9.20. The van der Waals surface area contributed by atoms with Gasteiger partial charge in [-0.3, -0.25) is 0 Å². The number of nitrogens with one attached hydrogen (secondary N) is 1. The van der Waals surface area contributed by atoms with Crippen molar-refractivity contribution >= 4 is 17.6 Å². The number of nitrogens with zero attached hydrogens (tertiary/aromatic N) is 1. The lowest BCUT2D eigenvalue weighted by atomic mass is 10.1. The normalized spacial score (nSPS) is 17.6. The summed E-state index contributed by atoms with van der Waals surface area (Å²) >= 11 is 1.97. The molecule has 1 aliphatic heterocycles. The van der Waals surface area contributed by atoms with Crippen molar-refractivity contribution in [2.75, 3.05) is 11.5 Å². The number of hydrogen-bond acceptors (Lipinski definition) is 4. The van der Waals surface area contributed by atoms with E-state index in [9.17, 15) is 4.39 Å². The Morgan fingerprint density at radius 1 is 1.47 bits per heavy atom. The molecule has 0 saturated carbocycles. The molecule has 1 aromatic carbocycles. The van der Waals surface area contributed by atoms with Crippen molar-refractivity contribution in [3.8, 4) is 0 Å². The molecule has 1 heterocycles. The van der Waals surface area contributed by atoms with Gasteiger partial charge in [-0.2, -0.15) is 11.8 Å². The average Bonchev–Trinajstić information content (AvgIpc) is 2.46. The zero-order valence-electron chi connectivity index (χ0n) is 10.6. The van der Waals surface area contributed by atoms with Gasteiger partial charge in [0.25, 0.3) is 0 Å². The molecule has 0 spiro atoms. The van der Waals surface area contributed by atoms with Gasteiger partial charge in [0.2, 0.25) is 0 Å². The minimum atomic E-state index is -0.332. The molecule has 104 valence electrons. The summed E-state index contributed by atoms with van der Waals surface area (Å²) in [6, 6.07) is 5.10. The van der Waals surface area contributed by atoms with E-state index < -0.39 is 0 Å². The van der Waals surface area contributed by atoms with E-state index in [1.54, 1.807) is 12.1 Å². The molecule has 1 aromatic rings. The van der Waals surface area contributed by atoms with Gasteiger partial charge in [-0.1, -0.05) is 17.3 Å². The molecule has 4 N–H and O–H groups in total. The van der Waals surface area contributed by atoms with Crippen molar-refractivity contribution in [2.45, 2.75) is 25.4 Å². The summed E-state index contributed by atoms with van der Waals surface area (Å²) in [5, 5.41) is 14.8. The van der Waals surface area contributed by atoms with Crippen LogP contribution in [0.4, 0.5) is 4.39 Å². The quantitative estimate of drug-likeness (QED) is 0.342. The molecule has 1 saturated heterocycles. The third-order valence-corrected chi connectivity index (χ3v) is 4.31. The first-order valence-electron chi connectivity index (χ1n) is 6.28. The number of oxime groups is 1. The summed E-state index contributed by atoms with van der Waals surface area (Å²) in [6.07, 6.45) is 2.27. The van der Waals surface area contributed by atoms with E-state index in [1.165, 1.54) is 17.6 Å². The first-order valence-corrected chi connectivity index (χ1v) is 7.43. The molecule has 0 aliphatic carbocycles. The Bertz CT molecular complexity index is 461. The molecule has 0 unspecified atom stereocenters. The van der Waals surface area contributed by atoms with E-state index in [0.29, 0.717) is 23.7 Å². The van der Waals surface area contributed by atoms with E-state index in [1.807, 2.05) is 11.8 Å². The lowest BCUT2D eigenvalue weighted by Gasteiger charge is -2.22. The Hall–Kier alpha value is -1.27. The van der Waals surface area contributed by atoms with Gasteiger partial charge in [-0.15, -0.1) is 0 Å². The molecule has 1 fully saturated rings. The van der Waals surface area contributed by atoms with Crippen LogP contribution in [0.25, 0.3) is 0 Å². The predicted octanol–water partition coefficient (Wildman–Crippen LogP) is 1.91. The number of nitrogens with two attached hydrogens (primary N) is 1. The van der Waals surface area contributed by atoms with Gasteiger partial charge < -0.3 is 16.3 Å². The molecule has 0 amide bonds. The van der Waals surface area contributed by atoms with Crippen LogP contribution in [-0.2, 0) is 6.54 Å². The summed E-state index contributed by atoms with van der Waals surface area (Å²) in [5.41, 5.74) is 6.41. The van der Waals surface area contributed by atoms with E-state index in [2.05, 4.69) is 10.5 Å². The summed E-state index contributed by atoms with van der Waals surface area (Å²) in [7, 11) is 0. The van der Waals surface area contributed by atoms with Gasteiger partial charge in [0.1, 0.15) is 5.82 Å². The molecule has 0 atom stereocenters. The minimum absolute atomic E-state index is 0.0808. The Kier molecular flexibility index (Phi) is 5.04. The van der Waals surface area contributed by atoms with Gasteiger partial charge in [-0.25, -0.2) is 4.39 Å². The smallest absolute Gasteiger partial charge is 0.170 e. The van der Waals surface area contributed by atoms with Gasteiger partial charge in [-0.05, 0) is 30.4 Å². The fraction of sp³-hybridized carbons (Fsp3) is 0.462. The number of halogens is 1. The molecule has 1 aliphatic rings. The van der Waals surface area contributed by atoms with E-state index in [-0.39, 0.29) is 11.7 Å². The summed E-state index contributed by atoms with van der Waals surface area (Å²) in [4.78, 5) is 0. The maximum Gasteiger partial charge on any atom is 0.170 e. The maximum absolute atomic E-state index is 13.9. The zero-order chi connectivity index (χ0) is 13.7. The van der Waals surface area contributed by atoms with E-state index in [4.69, 9.17) is 10.9 Å². The molecule has 6 heteroatoms. The Balaban J connectivity index is 1.97. The first kappa shape index (κ1) is 14.1. The third-order valence-electron chi connectivity index (χ3n) is 3.26. The van der Waals surface area contributed by atoms with Crippen molar-refractivity contribution in [3.05, 3.63) is 35.1 Å². The fourth-order valence-corrected chi connectivity index (χ4v) is 3.17. The second kappa shape index (κ2) is 6.77. The SMILES string of the molecule is N/C(=N/O)c1ccc(CNC2CCSCC2)c(F)c1. The second-order valence-electron chi connectivity index (χ2n) is 4.56. The summed E-state index contributed by atoms with van der Waals surface area (Å²) in [6.45, 7) is 0.512. The highest BCUT2D eigenvalue weighted by molar-refractivity contribution is 7.99. The highest BCUT2D eigenvalue weighted by atomic mass is 32.2. The number of benzene rings is 1. The van der Waals surface area contributed by atoms with Crippen LogP contribution >= 0.6 is 11.8 Å². The van der Waals surface area contributed by atoms with Gasteiger partial charge in [0.15, 0.2) is 5.84 Å². The zero-order valence-corrected chi connectivity index (χ0v) is 11.4. The van der Waals surface area contributed by atoms with Gasteiger partial charge >= 0.3 is 0 Å². The molecule has 2 rings (SSSR count). The second-order valence-corrected chi connectivity index (χ2v) is 5.78. The van der Waals surface area contributed by atoms with Crippen molar-refractivity contribution in [3.63, 3.8) is 0 Å². The summed E-state index contributed by atoms with van der Waals surface area (Å²) < 4.78 is 13.9. The van der Waals surface area contributed by atoms with Crippen LogP contribution in [0, 0.1) is 5.82 Å². The highest BCUT2D eigenvalue weighted by Crippen LogP contribution is 2.18. The lowest BCUT2D eigenvalue weighted by Crippen LogP contribution is -2.32. The van der Waals surface area contributed by atoms with Crippen LogP contribution in [0.5, 0.6) is 0 Å².